The van der Waals surface area contributed by atoms with Gasteiger partial charge in [0.05, 0.1) is 11.1 Å². The van der Waals surface area contributed by atoms with E-state index in [0.717, 1.165) is 43.8 Å². The Hall–Kier alpha value is 0.270. The highest BCUT2D eigenvalue weighted by Crippen LogP contribution is 2.43. The van der Waals surface area contributed by atoms with Gasteiger partial charge >= 0.3 is 0 Å². The molecule has 1 unspecified atom stereocenters. The van der Waals surface area contributed by atoms with E-state index >= 15 is 0 Å². The Balaban J connectivity index is 2.01. The monoisotopic (exact) mass is 243 g/mol. The standard InChI is InChI=1S/C13H25NOS/c1-2-11-4-7-13(15,8-5-11)12(14)6-3-9-16-10-12/h11,15H,2-10,14H2,1H3. The molecular weight excluding hydrogens is 218 g/mol. The van der Waals surface area contributed by atoms with E-state index in [4.69, 9.17) is 5.73 Å². The van der Waals surface area contributed by atoms with Crippen LogP contribution in [-0.4, -0.2) is 27.8 Å². The number of hydrogen-bond acceptors (Lipinski definition) is 3. The van der Waals surface area contributed by atoms with Gasteiger partial charge in [-0.2, -0.15) is 11.8 Å². The highest BCUT2D eigenvalue weighted by Gasteiger charge is 2.49. The van der Waals surface area contributed by atoms with Crippen LogP contribution in [0.1, 0.15) is 51.9 Å². The van der Waals surface area contributed by atoms with Crippen molar-refractivity contribution < 1.29 is 5.11 Å². The van der Waals surface area contributed by atoms with Crippen LogP contribution in [0.25, 0.3) is 0 Å². The van der Waals surface area contributed by atoms with Crippen molar-refractivity contribution in [2.24, 2.45) is 11.7 Å². The summed E-state index contributed by atoms with van der Waals surface area (Å²) in [5.41, 5.74) is 5.60. The predicted octanol–water partition coefficient (Wildman–Crippen LogP) is 2.54. The Bertz CT molecular complexity index is 230. The fourth-order valence-electron chi connectivity index (χ4n) is 3.24. The lowest BCUT2D eigenvalue weighted by Gasteiger charge is -2.50. The van der Waals surface area contributed by atoms with Crippen molar-refractivity contribution >= 4 is 11.8 Å². The van der Waals surface area contributed by atoms with Crippen LogP contribution in [0, 0.1) is 5.92 Å². The molecule has 0 aromatic rings. The summed E-state index contributed by atoms with van der Waals surface area (Å²) in [6.45, 7) is 2.25. The topological polar surface area (TPSA) is 46.2 Å². The van der Waals surface area contributed by atoms with Crippen molar-refractivity contribution in [2.45, 2.75) is 63.0 Å². The molecule has 2 aliphatic rings. The fraction of sp³-hybridized carbons (Fsp3) is 1.00. The SMILES string of the molecule is CCC1CCC(O)(C2(N)CCCSC2)CC1. The number of nitrogens with two attached hydrogens (primary N) is 1. The van der Waals surface area contributed by atoms with E-state index in [-0.39, 0.29) is 5.54 Å². The van der Waals surface area contributed by atoms with Crippen molar-refractivity contribution in [3.63, 3.8) is 0 Å². The van der Waals surface area contributed by atoms with Gasteiger partial charge in [-0.1, -0.05) is 13.3 Å². The normalized spacial score (nSPS) is 45.6. The lowest BCUT2D eigenvalue weighted by atomic mass is 9.67. The fourth-order valence-corrected chi connectivity index (χ4v) is 4.51. The van der Waals surface area contributed by atoms with Crippen molar-refractivity contribution in [1.82, 2.24) is 0 Å². The molecule has 1 aliphatic heterocycles. The van der Waals surface area contributed by atoms with Crippen LogP contribution in [0.2, 0.25) is 0 Å². The maximum Gasteiger partial charge on any atom is 0.0834 e. The molecular formula is C13H25NOS. The minimum Gasteiger partial charge on any atom is -0.388 e. The van der Waals surface area contributed by atoms with Gasteiger partial charge in [0.25, 0.3) is 0 Å². The zero-order chi connectivity index (χ0) is 11.6. The quantitative estimate of drug-likeness (QED) is 0.783. The van der Waals surface area contributed by atoms with Crippen LogP contribution in [0.4, 0.5) is 0 Å². The maximum absolute atomic E-state index is 10.8. The van der Waals surface area contributed by atoms with Gasteiger partial charge in [-0.25, -0.2) is 0 Å². The summed E-state index contributed by atoms with van der Waals surface area (Å²) in [6, 6.07) is 0. The van der Waals surface area contributed by atoms with E-state index in [1.165, 1.54) is 18.6 Å². The third kappa shape index (κ3) is 2.27. The average Bonchev–Trinajstić information content (AvgIpc) is 2.31. The first kappa shape index (κ1) is 12.7. The third-order valence-corrected chi connectivity index (χ3v) is 6.00. The van der Waals surface area contributed by atoms with Crippen LogP contribution in [-0.2, 0) is 0 Å². The number of aliphatic hydroxyl groups is 1. The Morgan fingerprint density at radius 2 is 2.00 bits per heavy atom. The van der Waals surface area contributed by atoms with E-state index in [0.29, 0.717) is 0 Å². The summed E-state index contributed by atoms with van der Waals surface area (Å²) < 4.78 is 0. The Morgan fingerprint density at radius 3 is 2.50 bits per heavy atom. The molecule has 0 radical (unpaired) electrons. The number of thioether (sulfide) groups is 1. The lowest BCUT2D eigenvalue weighted by Crippen LogP contribution is -2.64. The minimum atomic E-state index is -0.577. The smallest absolute Gasteiger partial charge is 0.0834 e. The van der Waals surface area contributed by atoms with Crippen LogP contribution in [0.3, 0.4) is 0 Å². The van der Waals surface area contributed by atoms with Gasteiger partial charge < -0.3 is 10.8 Å². The molecule has 1 heterocycles. The molecule has 2 nitrogen and oxygen atoms in total. The molecule has 2 fully saturated rings. The minimum absolute atomic E-state index is 0.311. The van der Waals surface area contributed by atoms with E-state index in [9.17, 15) is 5.11 Å². The second-order valence-corrected chi connectivity index (χ2v) is 6.80. The Morgan fingerprint density at radius 1 is 1.31 bits per heavy atom. The first-order valence-corrected chi connectivity index (χ1v) is 7.84. The second-order valence-electron chi connectivity index (χ2n) is 5.70. The molecule has 0 bridgehead atoms. The predicted molar refractivity (Wildman–Crippen MR) is 70.7 cm³/mol. The molecule has 1 atom stereocenters. The zero-order valence-corrected chi connectivity index (χ0v) is 11.2. The summed E-state index contributed by atoms with van der Waals surface area (Å²) in [5, 5.41) is 10.8. The van der Waals surface area contributed by atoms with Gasteiger partial charge in [0.2, 0.25) is 0 Å². The average molecular weight is 243 g/mol. The highest BCUT2D eigenvalue weighted by molar-refractivity contribution is 7.99. The number of hydrogen-bond donors (Lipinski definition) is 2. The molecule has 0 aromatic heterocycles. The second kappa shape index (κ2) is 4.87. The number of rotatable bonds is 2. The van der Waals surface area contributed by atoms with Crippen LogP contribution < -0.4 is 5.73 Å². The summed E-state index contributed by atoms with van der Waals surface area (Å²) >= 11 is 1.92. The van der Waals surface area contributed by atoms with Gasteiger partial charge in [-0.05, 0) is 50.2 Å². The molecule has 1 saturated heterocycles. The zero-order valence-electron chi connectivity index (χ0n) is 10.4. The summed E-state index contributed by atoms with van der Waals surface area (Å²) in [6.07, 6.45) is 7.59. The molecule has 2 rings (SSSR count). The van der Waals surface area contributed by atoms with Gasteiger partial charge in [0.1, 0.15) is 0 Å². The molecule has 1 saturated carbocycles. The van der Waals surface area contributed by atoms with Crippen molar-refractivity contribution in [3.05, 3.63) is 0 Å². The Kier molecular flexibility index (Phi) is 3.87. The molecule has 0 amide bonds. The van der Waals surface area contributed by atoms with Gasteiger partial charge in [0, 0.05) is 5.75 Å². The van der Waals surface area contributed by atoms with Gasteiger partial charge in [-0.3, -0.25) is 0 Å². The van der Waals surface area contributed by atoms with E-state index < -0.39 is 5.60 Å². The van der Waals surface area contributed by atoms with Crippen molar-refractivity contribution in [2.75, 3.05) is 11.5 Å². The van der Waals surface area contributed by atoms with Gasteiger partial charge in [0.15, 0.2) is 0 Å². The summed E-state index contributed by atoms with van der Waals surface area (Å²) in [7, 11) is 0. The molecule has 0 spiro atoms. The van der Waals surface area contributed by atoms with E-state index in [1.54, 1.807) is 0 Å². The molecule has 3 N–H and O–H groups in total. The maximum atomic E-state index is 10.8. The first-order valence-electron chi connectivity index (χ1n) is 6.69. The summed E-state index contributed by atoms with van der Waals surface area (Å²) in [4.78, 5) is 0. The Labute approximate surface area is 103 Å². The largest absolute Gasteiger partial charge is 0.388 e. The molecule has 1 aliphatic carbocycles. The summed E-state index contributed by atoms with van der Waals surface area (Å²) in [5.74, 6) is 2.98. The lowest BCUT2D eigenvalue weighted by molar-refractivity contribution is -0.0697. The van der Waals surface area contributed by atoms with Crippen LogP contribution in [0.5, 0.6) is 0 Å². The molecule has 16 heavy (non-hydrogen) atoms. The van der Waals surface area contributed by atoms with Crippen molar-refractivity contribution in [1.29, 1.82) is 0 Å². The third-order valence-electron chi connectivity index (χ3n) is 4.71. The molecule has 94 valence electrons. The highest BCUT2D eigenvalue weighted by atomic mass is 32.2. The van der Waals surface area contributed by atoms with E-state index in [1.807, 2.05) is 11.8 Å². The van der Waals surface area contributed by atoms with Gasteiger partial charge in [-0.15, -0.1) is 0 Å². The first-order chi connectivity index (χ1) is 7.60. The van der Waals surface area contributed by atoms with Crippen LogP contribution >= 0.6 is 11.8 Å². The van der Waals surface area contributed by atoms with Crippen LogP contribution in [0.15, 0.2) is 0 Å². The molecule has 3 heteroatoms. The molecule has 0 aromatic carbocycles. The van der Waals surface area contributed by atoms with E-state index in [2.05, 4.69) is 6.92 Å². The van der Waals surface area contributed by atoms with Crippen molar-refractivity contribution in [3.8, 4) is 0 Å².